The summed E-state index contributed by atoms with van der Waals surface area (Å²) in [4.78, 5) is 33.7. The molecule has 2 fully saturated rings. The highest BCUT2D eigenvalue weighted by Gasteiger charge is 2.54. The Morgan fingerprint density at radius 1 is 1.21 bits per heavy atom. The Morgan fingerprint density at radius 3 is 2.82 bits per heavy atom. The molecule has 0 bridgehead atoms. The van der Waals surface area contributed by atoms with Crippen LogP contribution >= 0.6 is 11.3 Å². The summed E-state index contributed by atoms with van der Waals surface area (Å²) in [7, 11) is 0. The Morgan fingerprint density at radius 2 is 2.03 bits per heavy atom. The smallest absolute Gasteiger partial charge is 0.274 e. The maximum absolute atomic E-state index is 13.6. The molecule has 1 saturated carbocycles. The summed E-state index contributed by atoms with van der Waals surface area (Å²) >= 11 is 1.54. The number of rotatable bonds is 5. The molecule has 2 heterocycles. The summed E-state index contributed by atoms with van der Waals surface area (Å²) in [5.74, 6) is 0.629. The van der Waals surface area contributed by atoms with Crippen LogP contribution in [-0.4, -0.2) is 40.8 Å². The van der Waals surface area contributed by atoms with E-state index in [4.69, 9.17) is 5.26 Å². The molecule has 1 unspecified atom stereocenters. The van der Waals surface area contributed by atoms with Crippen LogP contribution < -0.4 is 5.32 Å². The zero-order valence-corrected chi connectivity index (χ0v) is 19.4. The molecular formula is C26H24N4O2S. The second-order valence-electron chi connectivity index (χ2n) is 8.87. The first-order chi connectivity index (χ1) is 15.9. The summed E-state index contributed by atoms with van der Waals surface area (Å²) in [6.45, 7) is 5.07. The second-order valence-corrected chi connectivity index (χ2v) is 10.1. The number of thiazole rings is 1. The third-order valence-corrected chi connectivity index (χ3v) is 7.53. The molecule has 1 aliphatic heterocycles. The zero-order valence-electron chi connectivity index (χ0n) is 18.5. The minimum absolute atomic E-state index is 0.0436. The van der Waals surface area contributed by atoms with Crippen LogP contribution in [0.5, 0.6) is 0 Å². The number of nitrogens with one attached hydrogen (secondary N) is 1. The van der Waals surface area contributed by atoms with Gasteiger partial charge in [0.15, 0.2) is 0 Å². The van der Waals surface area contributed by atoms with Crippen molar-refractivity contribution in [2.45, 2.75) is 26.3 Å². The van der Waals surface area contributed by atoms with E-state index < -0.39 is 0 Å². The maximum atomic E-state index is 13.6. The van der Waals surface area contributed by atoms with Crippen molar-refractivity contribution in [2.75, 3.05) is 13.1 Å². The second kappa shape index (κ2) is 8.45. The first-order valence-electron chi connectivity index (χ1n) is 11.1. The number of piperidine rings is 1. The number of likely N-dealkylation sites (tertiary alicyclic amines) is 1. The average molecular weight is 457 g/mol. The lowest BCUT2D eigenvalue weighted by Gasteiger charge is -2.27. The Balaban J connectivity index is 1.35. The van der Waals surface area contributed by atoms with Crippen LogP contribution in [0.1, 0.15) is 43.4 Å². The Hall–Kier alpha value is -3.50. The Kier molecular flexibility index (Phi) is 5.47. The van der Waals surface area contributed by atoms with E-state index in [1.165, 1.54) is 0 Å². The number of aromatic nitrogens is 1. The highest BCUT2D eigenvalue weighted by atomic mass is 32.1. The van der Waals surface area contributed by atoms with Crippen LogP contribution in [-0.2, 0) is 0 Å². The number of hydrogen-bond acceptors (Lipinski definition) is 5. The third-order valence-electron chi connectivity index (χ3n) is 6.51. The van der Waals surface area contributed by atoms with E-state index in [9.17, 15) is 9.59 Å². The normalized spacial score (nSPS) is 20.8. The maximum Gasteiger partial charge on any atom is 0.274 e. The summed E-state index contributed by atoms with van der Waals surface area (Å²) in [6.07, 6.45) is 1.09. The monoisotopic (exact) mass is 456 g/mol. The van der Waals surface area contributed by atoms with Crippen LogP contribution in [0.3, 0.4) is 0 Å². The molecule has 1 saturated heterocycles. The quantitative estimate of drug-likeness (QED) is 0.624. The van der Waals surface area contributed by atoms with Crippen LogP contribution in [0.15, 0.2) is 48.5 Å². The van der Waals surface area contributed by atoms with Crippen molar-refractivity contribution in [1.29, 1.82) is 5.26 Å². The predicted octanol–water partition coefficient (Wildman–Crippen LogP) is 4.19. The lowest BCUT2D eigenvalue weighted by molar-refractivity contribution is 0.0690. The first kappa shape index (κ1) is 21.4. The molecule has 1 aliphatic carbocycles. The van der Waals surface area contributed by atoms with E-state index in [1.54, 1.807) is 35.6 Å². The lowest BCUT2D eigenvalue weighted by Crippen LogP contribution is -2.45. The molecule has 1 N–H and O–H groups in total. The molecule has 2 aliphatic rings. The van der Waals surface area contributed by atoms with Gasteiger partial charge in [0.25, 0.3) is 11.8 Å². The van der Waals surface area contributed by atoms with E-state index in [1.807, 2.05) is 36.9 Å². The van der Waals surface area contributed by atoms with Gasteiger partial charge in [0.05, 0.1) is 27.6 Å². The fourth-order valence-corrected chi connectivity index (χ4v) is 5.69. The highest BCUT2D eigenvalue weighted by molar-refractivity contribution is 7.15. The molecule has 0 spiro atoms. The van der Waals surface area contributed by atoms with Gasteiger partial charge < -0.3 is 10.2 Å². The van der Waals surface area contributed by atoms with E-state index in [0.717, 1.165) is 27.4 Å². The fourth-order valence-electron chi connectivity index (χ4n) is 4.79. The molecule has 0 radical (unpaired) electrons. The van der Waals surface area contributed by atoms with Gasteiger partial charge >= 0.3 is 0 Å². The Bertz CT molecular complexity index is 1290. The van der Waals surface area contributed by atoms with Gasteiger partial charge in [-0.05, 0) is 55.9 Å². The van der Waals surface area contributed by atoms with Crippen LogP contribution in [0, 0.1) is 37.0 Å². The number of benzene rings is 2. The first-order valence-corrected chi connectivity index (χ1v) is 11.9. The minimum Gasteiger partial charge on any atom is -0.350 e. The molecule has 3 aromatic rings. The SMILES string of the molecule is Cc1cccc(-c2sc(C)nc2C(=O)N2C[C@H]3CC3[C@H]2CNC(=O)c2cccc(C#N)c2)c1. The van der Waals surface area contributed by atoms with Crippen molar-refractivity contribution in [3.8, 4) is 16.5 Å². The van der Waals surface area contributed by atoms with Crippen LogP contribution in [0.2, 0.25) is 0 Å². The summed E-state index contributed by atoms with van der Waals surface area (Å²) in [5.41, 5.74) is 3.55. The van der Waals surface area contributed by atoms with Gasteiger partial charge in [0.2, 0.25) is 0 Å². The zero-order chi connectivity index (χ0) is 23.1. The number of hydrogen-bond donors (Lipinski definition) is 1. The van der Waals surface area contributed by atoms with E-state index in [0.29, 0.717) is 41.7 Å². The predicted molar refractivity (Wildman–Crippen MR) is 127 cm³/mol. The molecule has 7 heteroatoms. The van der Waals surface area contributed by atoms with Gasteiger partial charge in [-0.2, -0.15) is 5.26 Å². The molecule has 2 amide bonds. The molecule has 2 aromatic carbocycles. The molecule has 166 valence electrons. The van der Waals surface area contributed by atoms with Gasteiger partial charge in [-0.3, -0.25) is 9.59 Å². The molecule has 1 aromatic heterocycles. The van der Waals surface area contributed by atoms with Gasteiger partial charge in [-0.15, -0.1) is 11.3 Å². The van der Waals surface area contributed by atoms with Crippen molar-refractivity contribution >= 4 is 23.2 Å². The number of nitriles is 1. The van der Waals surface area contributed by atoms with Gasteiger partial charge in [-0.25, -0.2) is 4.98 Å². The highest BCUT2D eigenvalue weighted by Crippen LogP contribution is 2.50. The fraction of sp³-hybridized carbons (Fsp3) is 0.308. The topological polar surface area (TPSA) is 86.1 Å². The number of fused-ring (bicyclic) bond motifs is 1. The van der Waals surface area contributed by atoms with E-state index in [-0.39, 0.29) is 17.9 Å². The number of carbonyl (C=O) groups is 2. The number of nitrogens with zero attached hydrogens (tertiary/aromatic N) is 3. The van der Waals surface area contributed by atoms with Crippen molar-refractivity contribution in [3.05, 3.63) is 75.9 Å². The number of amides is 2. The Labute approximate surface area is 196 Å². The molecule has 33 heavy (non-hydrogen) atoms. The van der Waals surface area contributed by atoms with Crippen LogP contribution in [0.4, 0.5) is 0 Å². The standard InChI is InChI=1S/C26H24N4O2S/c1-15-5-3-7-18(9-15)24-23(29-16(2)33-24)26(32)30-14-20-11-21(20)22(30)13-28-25(31)19-8-4-6-17(10-19)12-27/h3-10,20-22H,11,13-14H2,1-2H3,(H,28,31)/t20-,21?,22-/m1/s1. The largest absolute Gasteiger partial charge is 0.350 e. The molecule has 3 atom stereocenters. The molecular weight excluding hydrogens is 432 g/mol. The van der Waals surface area contributed by atoms with E-state index in [2.05, 4.69) is 22.4 Å². The van der Waals surface area contributed by atoms with Crippen molar-refractivity contribution in [1.82, 2.24) is 15.2 Å². The van der Waals surface area contributed by atoms with Gasteiger partial charge in [-0.1, -0.05) is 35.9 Å². The summed E-state index contributed by atoms with van der Waals surface area (Å²) in [5, 5.41) is 12.9. The van der Waals surface area contributed by atoms with E-state index >= 15 is 0 Å². The van der Waals surface area contributed by atoms with Gasteiger partial charge in [0, 0.05) is 18.7 Å². The number of carbonyl (C=O) groups excluding carboxylic acids is 2. The molecule has 5 rings (SSSR count). The number of aryl methyl sites for hydroxylation is 2. The summed E-state index contributed by atoms with van der Waals surface area (Å²) < 4.78 is 0. The van der Waals surface area contributed by atoms with Crippen molar-refractivity contribution in [3.63, 3.8) is 0 Å². The van der Waals surface area contributed by atoms with Crippen LogP contribution in [0.25, 0.3) is 10.4 Å². The molecule has 6 nitrogen and oxygen atoms in total. The van der Waals surface area contributed by atoms with Crippen molar-refractivity contribution in [2.24, 2.45) is 11.8 Å². The van der Waals surface area contributed by atoms with Crippen molar-refractivity contribution < 1.29 is 9.59 Å². The summed E-state index contributed by atoms with van der Waals surface area (Å²) in [6, 6.07) is 16.8. The average Bonchev–Trinajstić information content (AvgIpc) is 3.33. The lowest BCUT2D eigenvalue weighted by atomic mass is 10.1. The third kappa shape index (κ3) is 4.14. The minimum atomic E-state index is -0.228. The van der Waals surface area contributed by atoms with Gasteiger partial charge in [0.1, 0.15) is 5.69 Å².